The fraction of sp³-hybridized carbons (Fsp3) is 0.174. The number of rotatable bonds is 4. The van der Waals surface area contributed by atoms with E-state index >= 15 is 0 Å². The third kappa shape index (κ3) is 2.86. The number of fused-ring (bicyclic) bond motifs is 1. The van der Waals surface area contributed by atoms with Crippen LogP contribution < -0.4 is 10.7 Å². The highest BCUT2D eigenvalue weighted by Crippen LogP contribution is 2.42. The summed E-state index contributed by atoms with van der Waals surface area (Å²) in [7, 11) is 0. The first kappa shape index (κ1) is 18.2. The molecule has 5 rings (SSSR count). The summed E-state index contributed by atoms with van der Waals surface area (Å²) in [5.41, 5.74) is 3.90. The SMILES string of the molecule is O=C(O)NC1(c2ccc(-c3nc4c(=O)cc[nH]n4c3-c3ccccc3)cc2)CCC1. The Hall–Kier alpha value is -3.87. The van der Waals surface area contributed by atoms with Gasteiger partial charge < -0.3 is 10.4 Å². The van der Waals surface area contributed by atoms with E-state index in [9.17, 15) is 14.7 Å². The number of hydrogen-bond acceptors (Lipinski definition) is 3. The Morgan fingerprint density at radius 3 is 2.40 bits per heavy atom. The van der Waals surface area contributed by atoms with Crippen LogP contribution in [0.2, 0.25) is 0 Å². The van der Waals surface area contributed by atoms with Gasteiger partial charge in [0, 0.05) is 23.4 Å². The minimum Gasteiger partial charge on any atom is -0.465 e. The average Bonchev–Trinajstić information content (AvgIpc) is 3.12. The Bertz CT molecular complexity index is 1290. The van der Waals surface area contributed by atoms with Gasteiger partial charge in [0.25, 0.3) is 0 Å². The molecule has 4 aromatic rings. The van der Waals surface area contributed by atoms with Crippen LogP contribution in [0.5, 0.6) is 0 Å². The fourth-order valence-corrected chi connectivity index (χ4v) is 4.20. The molecule has 1 fully saturated rings. The van der Waals surface area contributed by atoms with Gasteiger partial charge in [0.05, 0.1) is 16.9 Å². The number of imidazole rings is 1. The van der Waals surface area contributed by atoms with E-state index in [4.69, 9.17) is 0 Å². The number of nitrogens with zero attached hydrogens (tertiary/aromatic N) is 2. The Kier molecular flexibility index (Phi) is 4.17. The van der Waals surface area contributed by atoms with Crippen molar-refractivity contribution in [3.05, 3.63) is 82.6 Å². The molecule has 1 amide bonds. The van der Waals surface area contributed by atoms with Gasteiger partial charge in [0.1, 0.15) is 0 Å². The molecule has 0 bridgehead atoms. The van der Waals surface area contributed by atoms with Crippen LogP contribution in [0.25, 0.3) is 28.2 Å². The number of nitrogens with one attached hydrogen (secondary N) is 2. The lowest BCUT2D eigenvalue weighted by Crippen LogP contribution is -2.50. The summed E-state index contributed by atoms with van der Waals surface area (Å²) >= 11 is 0. The monoisotopic (exact) mass is 400 g/mol. The minimum atomic E-state index is -1.01. The van der Waals surface area contributed by atoms with Crippen molar-refractivity contribution in [2.75, 3.05) is 0 Å². The zero-order chi connectivity index (χ0) is 20.7. The number of amides is 1. The highest BCUT2D eigenvalue weighted by molar-refractivity contribution is 5.81. The Morgan fingerprint density at radius 2 is 1.77 bits per heavy atom. The van der Waals surface area contributed by atoms with E-state index in [0.29, 0.717) is 11.3 Å². The third-order valence-corrected chi connectivity index (χ3v) is 5.85. The van der Waals surface area contributed by atoms with E-state index in [-0.39, 0.29) is 5.43 Å². The molecule has 0 spiro atoms. The van der Waals surface area contributed by atoms with Gasteiger partial charge >= 0.3 is 6.09 Å². The molecule has 0 aliphatic heterocycles. The van der Waals surface area contributed by atoms with Crippen molar-refractivity contribution in [3.8, 4) is 22.5 Å². The smallest absolute Gasteiger partial charge is 0.405 e. The van der Waals surface area contributed by atoms with Gasteiger partial charge in [-0.2, -0.15) is 0 Å². The normalized spacial score (nSPS) is 14.9. The molecule has 2 aromatic carbocycles. The maximum absolute atomic E-state index is 12.4. The number of benzene rings is 2. The Labute approximate surface area is 172 Å². The van der Waals surface area contributed by atoms with E-state index in [1.807, 2.05) is 54.6 Å². The summed E-state index contributed by atoms with van der Waals surface area (Å²) in [5, 5.41) is 15.0. The first-order valence-electron chi connectivity index (χ1n) is 9.85. The van der Waals surface area contributed by atoms with Crippen LogP contribution in [0.15, 0.2) is 71.7 Å². The number of aromatic nitrogens is 3. The van der Waals surface area contributed by atoms with Gasteiger partial charge in [0.2, 0.25) is 11.1 Å². The van der Waals surface area contributed by atoms with Gasteiger partial charge in [-0.25, -0.2) is 14.3 Å². The van der Waals surface area contributed by atoms with Crippen LogP contribution >= 0.6 is 0 Å². The molecule has 2 aromatic heterocycles. The summed E-state index contributed by atoms with van der Waals surface area (Å²) < 4.78 is 1.71. The third-order valence-electron chi connectivity index (χ3n) is 5.85. The van der Waals surface area contributed by atoms with Gasteiger partial charge in [-0.1, -0.05) is 54.6 Å². The van der Waals surface area contributed by atoms with Crippen molar-refractivity contribution in [3.63, 3.8) is 0 Å². The van der Waals surface area contributed by atoms with Crippen molar-refractivity contribution in [1.82, 2.24) is 19.9 Å². The maximum Gasteiger partial charge on any atom is 0.405 e. The first-order valence-corrected chi connectivity index (χ1v) is 9.85. The predicted molar refractivity (Wildman–Crippen MR) is 113 cm³/mol. The second-order valence-electron chi connectivity index (χ2n) is 7.60. The van der Waals surface area contributed by atoms with Gasteiger partial charge in [-0.05, 0) is 24.8 Å². The molecule has 0 saturated heterocycles. The lowest BCUT2D eigenvalue weighted by molar-refractivity contribution is 0.144. The van der Waals surface area contributed by atoms with Crippen molar-refractivity contribution in [1.29, 1.82) is 0 Å². The highest BCUT2D eigenvalue weighted by atomic mass is 16.4. The molecule has 150 valence electrons. The van der Waals surface area contributed by atoms with Crippen molar-refractivity contribution < 1.29 is 9.90 Å². The van der Waals surface area contributed by atoms with Crippen LogP contribution in [0.4, 0.5) is 4.79 Å². The molecule has 1 saturated carbocycles. The summed E-state index contributed by atoms with van der Waals surface area (Å²) in [6, 6.07) is 19.0. The van der Waals surface area contributed by atoms with Crippen molar-refractivity contribution in [2.24, 2.45) is 0 Å². The average molecular weight is 400 g/mol. The van der Waals surface area contributed by atoms with E-state index in [1.165, 1.54) is 6.07 Å². The molecule has 7 nitrogen and oxygen atoms in total. The number of carbonyl (C=O) groups is 1. The summed E-state index contributed by atoms with van der Waals surface area (Å²) in [5.74, 6) is 0. The minimum absolute atomic E-state index is 0.159. The summed E-state index contributed by atoms with van der Waals surface area (Å²) in [4.78, 5) is 28.3. The van der Waals surface area contributed by atoms with Crippen LogP contribution in [-0.2, 0) is 5.54 Å². The number of hydrogen-bond donors (Lipinski definition) is 3. The van der Waals surface area contributed by atoms with E-state index in [2.05, 4.69) is 15.4 Å². The van der Waals surface area contributed by atoms with Gasteiger partial charge in [-0.15, -0.1) is 0 Å². The van der Waals surface area contributed by atoms with Crippen LogP contribution in [-0.4, -0.2) is 25.8 Å². The molecule has 7 heteroatoms. The molecule has 0 atom stereocenters. The van der Waals surface area contributed by atoms with Crippen LogP contribution in [0, 0.1) is 0 Å². The lowest BCUT2D eigenvalue weighted by Gasteiger charge is -2.42. The zero-order valence-electron chi connectivity index (χ0n) is 16.1. The zero-order valence-corrected chi connectivity index (χ0v) is 16.1. The molecule has 0 radical (unpaired) electrons. The van der Waals surface area contributed by atoms with E-state index in [1.54, 1.807) is 10.7 Å². The van der Waals surface area contributed by atoms with Crippen molar-refractivity contribution in [2.45, 2.75) is 24.8 Å². The van der Waals surface area contributed by atoms with Crippen molar-refractivity contribution >= 4 is 11.7 Å². The highest BCUT2D eigenvalue weighted by Gasteiger charge is 2.40. The maximum atomic E-state index is 12.4. The number of aromatic amines is 1. The molecule has 0 unspecified atom stereocenters. The Balaban J connectivity index is 1.64. The molecule has 2 heterocycles. The Morgan fingerprint density at radius 1 is 1.03 bits per heavy atom. The molecule has 1 aliphatic rings. The largest absolute Gasteiger partial charge is 0.465 e. The predicted octanol–water partition coefficient (Wildman–Crippen LogP) is 4.00. The number of H-pyrrole nitrogens is 1. The quantitative estimate of drug-likeness (QED) is 0.482. The first-order chi connectivity index (χ1) is 14.6. The second-order valence-corrected chi connectivity index (χ2v) is 7.60. The van der Waals surface area contributed by atoms with Crippen LogP contribution in [0.1, 0.15) is 24.8 Å². The van der Waals surface area contributed by atoms with Gasteiger partial charge in [-0.3, -0.25) is 9.89 Å². The standard InChI is InChI=1S/C23H20N4O3/c28-18-11-14-24-27-20(16-5-2-1-3-6-16)19(25-21(18)27)15-7-9-17(10-8-15)23(12-4-13-23)26-22(29)30/h1-3,5-11,14,24,26H,4,12-13H2,(H,29,30). The second kappa shape index (κ2) is 6.88. The molecule has 3 N–H and O–H groups in total. The molecular weight excluding hydrogens is 380 g/mol. The van der Waals surface area contributed by atoms with E-state index < -0.39 is 11.6 Å². The lowest BCUT2D eigenvalue weighted by atomic mass is 9.72. The molecular formula is C23H20N4O3. The summed E-state index contributed by atoms with van der Waals surface area (Å²) in [6.45, 7) is 0. The van der Waals surface area contributed by atoms with E-state index in [0.717, 1.165) is 41.6 Å². The van der Waals surface area contributed by atoms with Gasteiger partial charge in [0.15, 0.2) is 0 Å². The summed E-state index contributed by atoms with van der Waals surface area (Å²) in [6.07, 6.45) is 3.17. The number of carboxylic acid groups (broad SMARTS) is 1. The molecule has 30 heavy (non-hydrogen) atoms. The fourth-order valence-electron chi connectivity index (χ4n) is 4.20. The van der Waals surface area contributed by atoms with Crippen LogP contribution in [0.3, 0.4) is 0 Å². The topological polar surface area (TPSA) is 99.5 Å². The molecule has 1 aliphatic carbocycles.